The van der Waals surface area contributed by atoms with E-state index in [1.807, 2.05) is 104 Å². The molecule has 6 aromatic rings. The maximum Gasteiger partial charge on any atom is 0.411 e. The number of aromatic hydroxyl groups is 1. The number of phenols is 1. The van der Waals surface area contributed by atoms with Crippen LogP contribution in [0.4, 0.5) is 16.2 Å². The number of aliphatic hydroxyl groups excluding tert-OH is 1. The lowest BCUT2D eigenvalue weighted by molar-refractivity contribution is -0.877. The number of benzene rings is 5. The number of fused-ring (bicyclic) bond motifs is 1. The molecule has 1 saturated heterocycles. The smallest absolute Gasteiger partial charge is 0.411 e. The molecule has 354 valence electrons. The monoisotopic (exact) mass is 919 g/mol. The number of nitrogens with zero attached hydrogens (tertiary/aromatic N) is 2. The molecule has 0 radical (unpaired) electrons. The van der Waals surface area contributed by atoms with Crippen LogP contribution < -0.4 is 26.1 Å². The number of aromatic amines is 1. The number of phenolic OH excluding ortho intramolecular Hbond substituents is 1. The van der Waals surface area contributed by atoms with E-state index in [1.54, 1.807) is 24.0 Å². The van der Waals surface area contributed by atoms with Crippen LogP contribution in [-0.4, -0.2) is 76.3 Å². The summed E-state index contributed by atoms with van der Waals surface area (Å²) < 4.78 is 5.80. The van der Waals surface area contributed by atoms with Crippen LogP contribution in [0.2, 0.25) is 0 Å². The molecule has 1 aliphatic heterocycles. The van der Waals surface area contributed by atoms with Gasteiger partial charge in [0, 0.05) is 73.8 Å². The number of likely N-dealkylation sites (tertiary alicyclic amines) is 1. The molecule has 0 bridgehead atoms. The van der Waals surface area contributed by atoms with Crippen LogP contribution in [0.1, 0.15) is 67.9 Å². The average Bonchev–Trinajstić information content (AvgIpc) is 3.33. The number of hydrogen-bond acceptors (Lipinski definition) is 8. The Hall–Kier alpha value is -7.10. The maximum absolute atomic E-state index is 13.5. The van der Waals surface area contributed by atoms with E-state index in [9.17, 15) is 29.4 Å². The molecule has 14 nitrogen and oxygen atoms in total. The first-order valence-electron chi connectivity index (χ1n) is 23.2. The van der Waals surface area contributed by atoms with Gasteiger partial charge >= 0.3 is 6.09 Å². The molecule has 3 atom stereocenters. The van der Waals surface area contributed by atoms with E-state index in [2.05, 4.69) is 33.2 Å². The number of aromatic nitrogens is 1. The highest BCUT2D eigenvalue weighted by atomic mass is 16.6. The Balaban J connectivity index is 0.811. The van der Waals surface area contributed by atoms with E-state index >= 15 is 0 Å². The lowest BCUT2D eigenvalue weighted by Gasteiger charge is -2.32. The van der Waals surface area contributed by atoms with Crippen molar-refractivity contribution in [1.29, 1.82) is 0 Å². The molecule has 1 aromatic heterocycles. The van der Waals surface area contributed by atoms with E-state index in [4.69, 9.17) is 10.6 Å². The zero-order valence-corrected chi connectivity index (χ0v) is 38.7. The van der Waals surface area contributed by atoms with Crippen molar-refractivity contribution in [1.82, 2.24) is 15.2 Å². The summed E-state index contributed by atoms with van der Waals surface area (Å²) in [5.74, 6) is 8.51. The van der Waals surface area contributed by atoms with Crippen molar-refractivity contribution in [2.75, 3.05) is 36.4 Å². The molecule has 5 aromatic carbocycles. The van der Waals surface area contributed by atoms with Crippen molar-refractivity contribution in [2.45, 2.75) is 77.2 Å². The van der Waals surface area contributed by atoms with Gasteiger partial charge in [0.25, 0.3) is 0 Å². The second kappa shape index (κ2) is 23.1. The zero-order chi connectivity index (χ0) is 48.2. The number of anilines is 2. The van der Waals surface area contributed by atoms with E-state index in [0.29, 0.717) is 97.7 Å². The Labute approximate surface area is 397 Å². The number of carbonyl (C=O) groups is 3. The zero-order valence-electron chi connectivity index (χ0n) is 38.7. The highest BCUT2D eigenvalue weighted by Crippen LogP contribution is 2.30. The number of allylic oxidation sites excluding steroid dienone is 1. The maximum atomic E-state index is 13.5. The third-order valence-electron chi connectivity index (χ3n) is 12.5. The molecule has 68 heavy (non-hydrogen) atoms. The summed E-state index contributed by atoms with van der Waals surface area (Å²) in [6.45, 7) is 10.3. The van der Waals surface area contributed by atoms with Gasteiger partial charge in [-0.2, -0.15) is 0 Å². The number of amides is 3. The predicted molar refractivity (Wildman–Crippen MR) is 266 cm³/mol. The number of H-pyrrole nitrogens is 1. The fourth-order valence-electron chi connectivity index (χ4n) is 8.71. The molecule has 1 fully saturated rings. The highest BCUT2D eigenvalue weighted by molar-refractivity contribution is 5.96. The molecule has 0 saturated carbocycles. The molecule has 3 amide bonds. The van der Waals surface area contributed by atoms with Gasteiger partial charge in [-0.1, -0.05) is 97.6 Å². The van der Waals surface area contributed by atoms with Gasteiger partial charge < -0.3 is 41.0 Å². The van der Waals surface area contributed by atoms with Gasteiger partial charge in [0.05, 0.1) is 23.8 Å². The first-order chi connectivity index (χ1) is 32.8. The lowest BCUT2D eigenvalue weighted by Crippen LogP contribution is -3.10. The number of rotatable bonds is 19. The number of aryl methyl sites for hydroxylation is 1. The minimum Gasteiger partial charge on any atom is -0.506 e. The summed E-state index contributed by atoms with van der Waals surface area (Å²) in [7, 11) is 0. The largest absolute Gasteiger partial charge is 0.506 e. The molecule has 14 heteroatoms. The second-order valence-electron chi connectivity index (χ2n) is 17.6. The van der Waals surface area contributed by atoms with Crippen LogP contribution in [0.3, 0.4) is 0 Å². The van der Waals surface area contributed by atoms with Gasteiger partial charge in [-0.15, -0.1) is 0 Å². The van der Waals surface area contributed by atoms with E-state index in [1.165, 1.54) is 12.1 Å². The highest BCUT2D eigenvalue weighted by Gasteiger charge is 2.25. The number of pyridine rings is 1. The lowest BCUT2D eigenvalue weighted by atomic mass is 10.00. The molecule has 0 aliphatic carbocycles. The number of aliphatic hydroxyl groups is 1. The van der Waals surface area contributed by atoms with Crippen LogP contribution in [0.25, 0.3) is 27.9 Å². The summed E-state index contributed by atoms with van der Waals surface area (Å²) in [6, 6.07) is 38.9. The minimum atomic E-state index is -0.990. The van der Waals surface area contributed by atoms with Gasteiger partial charge in [0.2, 0.25) is 17.4 Å². The second-order valence-corrected chi connectivity index (χ2v) is 17.6. The van der Waals surface area contributed by atoms with Crippen molar-refractivity contribution in [2.24, 2.45) is 0 Å². The average molecular weight is 920 g/mol. The van der Waals surface area contributed by atoms with Crippen molar-refractivity contribution in [3.63, 3.8) is 0 Å². The quantitative estimate of drug-likeness (QED) is 0.0447. The molecule has 0 spiro atoms. The Morgan fingerprint density at radius 2 is 1.62 bits per heavy atom. The van der Waals surface area contributed by atoms with Gasteiger partial charge in [-0.05, 0) is 91.3 Å². The van der Waals surface area contributed by atoms with E-state index < -0.39 is 12.2 Å². The first-order valence-corrected chi connectivity index (χ1v) is 23.2. The van der Waals surface area contributed by atoms with Crippen molar-refractivity contribution >= 4 is 40.2 Å². The third kappa shape index (κ3) is 13.1. The van der Waals surface area contributed by atoms with Crippen LogP contribution in [0.15, 0.2) is 144 Å². The molecule has 7 rings (SSSR count). The summed E-state index contributed by atoms with van der Waals surface area (Å²) in [4.78, 5) is 57.6. The predicted octanol–water partition coefficient (Wildman–Crippen LogP) is 7.64. The molecule has 2 heterocycles. The fourth-order valence-corrected chi connectivity index (χ4v) is 8.71. The Morgan fingerprint density at radius 3 is 2.37 bits per heavy atom. The third-order valence-corrected chi connectivity index (χ3v) is 12.5. The van der Waals surface area contributed by atoms with E-state index in [0.717, 1.165) is 27.8 Å². The van der Waals surface area contributed by atoms with Crippen LogP contribution in [0, 0.1) is 0 Å². The fraction of sp³-hybridized carbons (Fsp3) is 0.296. The number of nitrogens with one attached hydrogen (secondary N) is 5. The van der Waals surface area contributed by atoms with Gasteiger partial charge in [-0.25, -0.2) is 4.79 Å². The minimum absolute atomic E-state index is 0.0659. The van der Waals surface area contributed by atoms with Gasteiger partial charge in [0.15, 0.2) is 0 Å². The standard InChI is InChI=1S/C54H61N7O7/c1-36(2)61(52(66)28-31-59-29-26-43(27-30-59)68-54(67)57-47-15-8-7-14-44(47)41-12-5-4-6-13-41)42-19-16-39(17-20-42)34-56-50(64)24-18-38-10-9-11-40(33-38)32-37(3)60(55)35-49(63)45-21-23-48(62)53-46(45)22-25-51(65)58-53/h4-17,19-23,25,33,37,43,49,55,60,62-63H,1,18,24,26-32,34-35H2,2-3H3,(H,56,64)(H,57,67)(H,58,65)/t37-,49-/m0/s1. The first kappa shape index (κ1) is 48.8. The number of ether oxygens (including phenoxy) is 1. The normalized spacial score (nSPS) is 14.4. The Morgan fingerprint density at radius 1 is 0.897 bits per heavy atom. The van der Waals surface area contributed by atoms with Crippen LogP contribution >= 0.6 is 0 Å². The molecular formula is C54H61N7O7. The molecular weight excluding hydrogens is 859 g/mol. The molecule has 7 N–H and O–H groups in total. The topological polar surface area (TPSA) is 193 Å². The summed E-state index contributed by atoms with van der Waals surface area (Å²) in [6.07, 6.45) is 1.40. The number of hydrogen-bond donors (Lipinski definition) is 6. The number of para-hydroxylation sites is 1. The Bertz CT molecular complexity index is 2750. The van der Waals surface area contributed by atoms with Crippen molar-refractivity contribution < 1.29 is 34.3 Å². The summed E-state index contributed by atoms with van der Waals surface area (Å²) >= 11 is 0. The van der Waals surface area contributed by atoms with Crippen molar-refractivity contribution in [3.05, 3.63) is 178 Å². The number of carbonyl (C=O) groups excluding carboxylic acids is 3. The SMILES string of the molecule is C=C(C)N(C(=O)CCN1CCC(OC(=O)Nc2ccccc2-c2ccccc2)CC1)c1ccc(CNC(=O)CCc2cccc(C[C@H](C)[NH+]([NH-])C[C@H](O)c3ccc(O)c4[nH]c(=O)ccc34)c2)cc1. The van der Waals surface area contributed by atoms with Crippen LogP contribution in [0.5, 0.6) is 5.75 Å². The number of quaternary nitrogens is 1. The van der Waals surface area contributed by atoms with Gasteiger partial charge in [-0.3, -0.25) is 24.6 Å². The van der Waals surface area contributed by atoms with Crippen LogP contribution in [-0.2, 0) is 33.7 Å². The summed E-state index contributed by atoms with van der Waals surface area (Å²) in [5, 5.41) is 28.1. The number of piperidine rings is 1. The van der Waals surface area contributed by atoms with Crippen molar-refractivity contribution in [3.8, 4) is 16.9 Å². The molecule has 1 aliphatic rings. The van der Waals surface area contributed by atoms with Gasteiger partial charge in [0.1, 0.15) is 18.0 Å². The molecule has 1 unspecified atom stereocenters. The summed E-state index contributed by atoms with van der Waals surface area (Å²) in [5.41, 5.74) is 7.29. The Kier molecular flexibility index (Phi) is 16.6. The van der Waals surface area contributed by atoms with E-state index in [-0.39, 0.29) is 47.3 Å².